The molecule has 0 bridgehead atoms. The third-order valence-electron chi connectivity index (χ3n) is 3.25. The number of halogens is 4. The van der Waals surface area contributed by atoms with Gasteiger partial charge in [-0.2, -0.15) is 13.2 Å². The fourth-order valence-corrected chi connectivity index (χ4v) is 2.27. The molecular weight excluding hydrogens is 266 g/mol. The minimum atomic E-state index is -4.58. The second-order valence-electron chi connectivity index (χ2n) is 4.44. The Kier molecular flexibility index (Phi) is 3.49. The van der Waals surface area contributed by atoms with Crippen LogP contribution >= 0.6 is 0 Å². The zero-order chi connectivity index (χ0) is 14.2. The molecule has 1 heterocycles. The lowest BCUT2D eigenvalue weighted by molar-refractivity contribution is -0.141. The molecule has 1 aliphatic heterocycles. The lowest BCUT2D eigenvalue weighted by Crippen LogP contribution is -2.22. The van der Waals surface area contributed by atoms with Crippen molar-refractivity contribution in [2.45, 2.75) is 12.1 Å². The molecule has 1 saturated heterocycles. The molecular formula is C12H11F4NO2. The first-order chi connectivity index (χ1) is 8.80. The molecule has 2 rings (SSSR count). The van der Waals surface area contributed by atoms with Crippen LogP contribution in [0.5, 0.6) is 0 Å². The molecule has 1 aromatic rings. The summed E-state index contributed by atoms with van der Waals surface area (Å²) in [7, 11) is 0. The van der Waals surface area contributed by atoms with Crippen molar-refractivity contribution < 1.29 is 27.5 Å². The van der Waals surface area contributed by atoms with Crippen molar-refractivity contribution in [2.24, 2.45) is 5.92 Å². The number of rotatable bonds is 2. The van der Waals surface area contributed by atoms with Gasteiger partial charge in [-0.1, -0.05) is 0 Å². The fourth-order valence-electron chi connectivity index (χ4n) is 2.27. The fraction of sp³-hybridized carbons (Fsp3) is 0.417. The van der Waals surface area contributed by atoms with Crippen LogP contribution in [0.3, 0.4) is 0 Å². The van der Waals surface area contributed by atoms with Crippen molar-refractivity contribution in [3.05, 3.63) is 35.1 Å². The highest BCUT2D eigenvalue weighted by molar-refractivity contribution is 5.72. The summed E-state index contributed by atoms with van der Waals surface area (Å²) in [5, 5.41) is 11.7. The molecule has 19 heavy (non-hydrogen) atoms. The van der Waals surface area contributed by atoms with Crippen molar-refractivity contribution in [1.29, 1.82) is 0 Å². The van der Waals surface area contributed by atoms with E-state index in [1.807, 2.05) is 0 Å². The minimum Gasteiger partial charge on any atom is -0.481 e. The summed E-state index contributed by atoms with van der Waals surface area (Å²) in [6.45, 7) is 0.269. The first-order valence-corrected chi connectivity index (χ1v) is 5.61. The third kappa shape index (κ3) is 2.70. The van der Waals surface area contributed by atoms with Crippen LogP contribution in [0, 0.1) is 11.7 Å². The molecule has 2 unspecified atom stereocenters. The van der Waals surface area contributed by atoms with Gasteiger partial charge in [-0.05, 0) is 23.8 Å². The minimum absolute atomic E-state index is 0.121. The van der Waals surface area contributed by atoms with Gasteiger partial charge in [0.1, 0.15) is 5.82 Å². The van der Waals surface area contributed by atoms with Gasteiger partial charge in [-0.25, -0.2) is 4.39 Å². The maximum Gasteiger partial charge on any atom is 0.416 e. The van der Waals surface area contributed by atoms with Crippen LogP contribution in [0.25, 0.3) is 0 Å². The number of carbonyl (C=O) groups is 1. The summed E-state index contributed by atoms with van der Waals surface area (Å²) in [5.41, 5.74) is -1.17. The molecule has 3 nitrogen and oxygen atoms in total. The standard InChI is InChI=1S/C12H11F4NO2/c13-10-2-1-6(12(14,15)16)3-7(10)8-4-17-5-9(8)11(18)19/h1-3,8-9,17H,4-5H2,(H,18,19). The zero-order valence-corrected chi connectivity index (χ0v) is 9.67. The van der Waals surface area contributed by atoms with Gasteiger partial charge in [0.2, 0.25) is 0 Å². The molecule has 0 spiro atoms. The van der Waals surface area contributed by atoms with Crippen molar-refractivity contribution >= 4 is 5.97 Å². The smallest absolute Gasteiger partial charge is 0.416 e. The number of carboxylic acid groups (broad SMARTS) is 1. The Morgan fingerprint density at radius 3 is 2.58 bits per heavy atom. The van der Waals surface area contributed by atoms with E-state index < -0.39 is 35.4 Å². The van der Waals surface area contributed by atoms with Crippen molar-refractivity contribution in [3.63, 3.8) is 0 Å². The number of carboxylic acids is 1. The molecule has 0 saturated carbocycles. The lowest BCUT2D eigenvalue weighted by Gasteiger charge is -2.17. The monoisotopic (exact) mass is 277 g/mol. The quantitative estimate of drug-likeness (QED) is 0.815. The number of benzene rings is 1. The number of hydrogen-bond donors (Lipinski definition) is 2. The average Bonchev–Trinajstić information content (AvgIpc) is 2.76. The van der Waals surface area contributed by atoms with Crippen LogP contribution in [0.15, 0.2) is 18.2 Å². The Labute approximate surface area is 106 Å². The number of alkyl halides is 3. The highest BCUT2D eigenvalue weighted by Crippen LogP contribution is 2.35. The average molecular weight is 277 g/mol. The maximum absolute atomic E-state index is 13.7. The van der Waals surface area contributed by atoms with Crippen LogP contribution < -0.4 is 5.32 Å². The van der Waals surface area contributed by atoms with Crippen LogP contribution in [0.1, 0.15) is 17.0 Å². The van der Waals surface area contributed by atoms with Crippen molar-refractivity contribution in [3.8, 4) is 0 Å². The van der Waals surface area contributed by atoms with Gasteiger partial charge in [0.15, 0.2) is 0 Å². The Morgan fingerprint density at radius 2 is 2.00 bits per heavy atom. The van der Waals surface area contributed by atoms with E-state index in [1.165, 1.54) is 0 Å². The molecule has 2 atom stereocenters. The molecule has 1 aliphatic rings. The molecule has 1 aromatic carbocycles. The van der Waals surface area contributed by atoms with Gasteiger partial charge in [0, 0.05) is 19.0 Å². The van der Waals surface area contributed by atoms with E-state index in [1.54, 1.807) is 0 Å². The molecule has 0 radical (unpaired) electrons. The van der Waals surface area contributed by atoms with Gasteiger partial charge in [0.05, 0.1) is 11.5 Å². The summed E-state index contributed by atoms with van der Waals surface area (Å²) in [6.07, 6.45) is -4.58. The first-order valence-electron chi connectivity index (χ1n) is 5.61. The van der Waals surface area contributed by atoms with Gasteiger partial charge in [-0.15, -0.1) is 0 Å². The van der Waals surface area contributed by atoms with E-state index in [0.29, 0.717) is 12.1 Å². The normalized spacial score (nSPS) is 23.6. The summed E-state index contributed by atoms with van der Waals surface area (Å²) in [4.78, 5) is 11.0. The topological polar surface area (TPSA) is 49.3 Å². The number of aliphatic carboxylic acids is 1. The van der Waals surface area contributed by atoms with Gasteiger partial charge in [-0.3, -0.25) is 4.79 Å². The SMILES string of the molecule is O=C(O)C1CNCC1c1cc(C(F)(F)F)ccc1F. The Bertz CT molecular complexity index is 501. The van der Waals surface area contributed by atoms with Gasteiger partial charge >= 0.3 is 12.1 Å². The van der Waals surface area contributed by atoms with Crippen LogP contribution in [-0.4, -0.2) is 24.2 Å². The summed E-state index contributed by atoms with van der Waals surface area (Å²) in [6, 6.07) is 2.08. The number of hydrogen-bond acceptors (Lipinski definition) is 2. The maximum atomic E-state index is 13.7. The molecule has 104 valence electrons. The van der Waals surface area contributed by atoms with E-state index in [0.717, 1.165) is 6.07 Å². The van der Waals surface area contributed by atoms with Crippen molar-refractivity contribution in [1.82, 2.24) is 5.32 Å². The highest BCUT2D eigenvalue weighted by atomic mass is 19.4. The largest absolute Gasteiger partial charge is 0.481 e. The Morgan fingerprint density at radius 1 is 1.32 bits per heavy atom. The summed E-state index contributed by atoms with van der Waals surface area (Å²) < 4.78 is 51.4. The predicted molar refractivity (Wildman–Crippen MR) is 58.1 cm³/mol. The molecule has 0 aliphatic carbocycles. The third-order valence-corrected chi connectivity index (χ3v) is 3.25. The van der Waals surface area contributed by atoms with Gasteiger partial charge < -0.3 is 10.4 Å². The molecule has 2 N–H and O–H groups in total. The van der Waals surface area contributed by atoms with E-state index in [4.69, 9.17) is 5.11 Å². The molecule has 1 fully saturated rings. The van der Waals surface area contributed by atoms with Crippen LogP contribution in [0.2, 0.25) is 0 Å². The van der Waals surface area contributed by atoms with Crippen LogP contribution in [-0.2, 0) is 11.0 Å². The molecule has 7 heteroatoms. The molecule has 0 amide bonds. The van der Waals surface area contributed by atoms with E-state index in [9.17, 15) is 22.4 Å². The lowest BCUT2D eigenvalue weighted by atomic mass is 9.87. The van der Waals surface area contributed by atoms with E-state index in [-0.39, 0.29) is 18.7 Å². The highest BCUT2D eigenvalue weighted by Gasteiger charge is 2.37. The zero-order valence-electron chi connectivity index (χ0n) is 9.67. The first kappa shape index (κ1) is 13.8. The second-order valence-corrected chi connectivity index (χ2v) is 4.44. The summed E-state index contributed by atoms with van der Waals surface area (Å²) in [5.74, 6) is -3.67. The second kappa shape index (κ2) is 4.80. The molecule has 0 aromatic heterocycles. The van der Waals surface area contributed by atoms with Gasteiger partial charge in [0.25, 0.3) is 0 Å². The van der Waals surface area contributed by atoms with E-state index in [2.05, 4.69) is 5.32 Å². The Hall–Kier alpha value is -1.63. The van der Waals surface area contributed by atoms with Crippen LogP contribution in [0.4, 0.5) is 17.6 Å². The predicted octanol–water partition coefficient (Wildman–Crippen LogP) is 2.23. The Balaban J connectivity index is 2.41. The summed E-state index contributed by atoms with van der Waals surface area (Å²) >= 11 is 0. The van der Waals surface area contributed by atoms with E-state index >= 15 is 0 Å². The number of nitrogens with one attached hydrogen (secondary N) is 1. The van der Waals surface area contributed by atoms with Crippen molar-refractivity contribution in [2.75, 3.05) is 13.1 Å².